The van der Waals surface area contributed by atoms with Gasteiger partial charge in [-0.2, -0.15) is 0 Å². The second-order valence-corrected chi connectivity index (χ2v) is 4.82. The molecule has 19 heavy (non-hydrogen) atoms. The normalized spacial score (nSPS) is 10.2. The number of pyridine rings is 1. The molecule has 0 unspecified atom stereocenters. The lowest BCUT2D eigenvalue weighted by molar-refractivity contribution is 0.111. The van der Waals surface area contributed by atoms with Crippen LogP contribution in [0.4, 0.5) is 0 Å². The molecule has 0 spiro atoms. The lowest BCUT2D eigenvalue weighted by Gasteiger charge is -2.09. The maximum absolute atomic E-state index is 12.0. The number of ether oxygens (including phenoxy) is 1. The summed E-state index contributed by atoms with van der Waals surface area (Å²) in [7, 11) is 0. The van der Waals surface area contributed by atoms with Crippen LogP contribution in [0, 0.1) is 6.92 Å². The lowest BCUT2D eigenvalue weighted by Crippen LogP contribution is -2.15. The van der Waals surface area contributed by atoms with Crippen LogP contribution in [-0.2, 0) is 6.61 Å². The van der Waals surface area contributed by atoms with Crippen LogP contribution in [0.3, 0.4) is 0 Å². The van der Waals surface area contributed by atoms with Crippen LogP contribution >= 0.6 is 15.9 Å². The molecule has 2 aromatic rings. The number of aromatic amines is 1. The van der Waals surface area contributed by atoms with Gasteiger partial charge in [0.25, 0.3) is 0 Å². The summed E-state index contributed by atoms with van der Waals surface area (Å²) in [5.74, 6) is 0.0383. The molecule has 0 aliphatic carbocycles. The van der Waals surface area contributed by atoms with Gasteiger partial charge in [-0.3, -0.25) is 9.59 Å². The van der Waals surface area contributed by atoms with Gasteiger partial charge in [0.05, 0.1) is 4.47 Å². The van der Waals surface area contributed by atoms with E-state index in [0.717, 1.165) is 5.56 Å². The third kappa shape index (κ3) is 2.93. The molecule has 0 atom stereocenters. The average molecular weight is 322 g/mol. The van der Waals surface area contributed by atoms with Gasteiger partial charge in [-0.1, -0.05) is 30.3 Å². The van der Waals surface area contributed by atoms with Crippen molar-refractivity contribution in [3.05, 3.63) is 62.0 Å². The molecule has 0 bridgehead atoms. The van der Waals surface area contributed by atoms with Crippen molar-refractivity contribution < 1.29 is 9.53 Å². The number of carbonyl (C=O) groups excluding carboxylic acids is 1. The van der Waals surface area contributed by atoms with Crippen molar-refractivity contribution in [1.82, 2.24) is 4.98 Å². The SMILES string of the molecule is Cc1[nH]c(C=O)c(OCc2ccccc2)c(=O)c1Br. The highest BCUT2D eigenvalue weighted by molar-refractivity contribution is 9.10. The predicted molar refractivity (Wildman–Crippen MR) is 75.7 cm³/mol. The van der Waals surface area contributed by atoms with Crippen molar-refractivity contribution >= 4 is 22.2 Å². The summed E-state index contributed by atoms with van der Waals surface area (Å²) in [6.07, 6.45) is 0.584. The zero-order valence-electron chi connectivity index (χ0n) is 10.3. The Balaban J connectivity index is 2.32. The first-order chi connectivity index (χ1) is 9.13. The van der Waals surface area contributed by atoms with E-state index in [1.165, 1.54) is 0 Å². The summed E-state index contributed by atoms with van der Waals surface area (Å²) < 4.78 is 5.85. The van der Waals surface area contributed by atoms with E-state index in [0.29, 0.717) is 16.5 Å². The lowest BCUT2D eigenvalue weighted by atomic mass is 10.2. The molecule has 98 valence electrons. The number of aromatic nitrogens is 1. The van der Waals surface area contributed by atoms with E-state index in [2.05, 4.69) is 20.9 Å². The zero-order valence-corrected chi connectivity index (χ0v) is 11.9. The number of nitrogens with one attached hydrogen (secondary N) is 1. The second-order valence-electron chi connectivity index (χ2n) is 4.03. The van der Waals surface area contributed by atoms with Crippen LogP contribution in [0.2, 0.25) is 0 Å². The summed E-state index contributed by atoms with van der Waals surface area (Å²) in [5.41, 5.74) is 1.35. The molecule has 1 heterocycles. The Bertz CT molecular complexity index is 650. The zero-order chi connectivity index (χ0) is 13.8. The highest BCUT2D eigenvalue weighted by Crippen LogP contribution is 2.18. The number of rotatable bonds is 4. The van der Waals surface area contributed by atoms with Crippen LogP contribution in [0.5, 0.6) is 5.75 Å². The Morgan fingerprint density at radius 1 is 1.32 bits per heavy atom. The van der Waals surface area contributed by atoms with E-state index in [-0.39, 0.29) is 23.5 Å². The molecule has 5 heteroatoms. The van der Waals surface area contributed by atoms with Gasteiger partial charge in [-0.25, -0.2) is 0 Å². The maximum atomic E-state index is 12.0. The summed E-state index contributed by atoms with van der Waals surface area (Å²) >= 11 is 3.18. The van der Waals surface area contributed by atoms with E-state index >= 15 is 0 Å². The van der Waals surface area contributed by atoms with Gasteiger partial charge in [-0.15, -0.1) is 0 Å². The quantitative estimate of drug-likeness (QED) is 0.881. The van der Waals surface area contributed by atoms with Crippen LogP contribution in [0.1, 0.15) is 21.7 Å². The third-order valence-electron chi connectivity index (χ3n) is 2.65. The van der Waals surface area contributed by atoms with Crippen molar-refractivity contribution in [3.8, 4) is 5.75 Å². The van der Waals surface area contributed by atoms with Crippen molar-refractivity contribution in [1.29, 1.82) is 0 Å². The molecule has 0 fully saturated rings. The molecule has 4 nitrogen and oxygen atoms in total. The molecule has 0 saturated heterocycles. The fourth-order valence-electron chi connectivity index (χ4n) is 1.66. The number of hydrogen-bond acceptors (Lipinski definition) is 3. The van der Waals surface area contributed by atoms with E-state index in [4.69, 9.17) is 4.74 Å². The van der Waals surface area contributed by atoms with Gasteiger partial charge in [0.15, 0.2) is 12.0 Å². The number of benzene rings is 1. The van der Waals surface area contributed by atoms with Gasteiger partial charge < -0.3 is 9.72 Å². The highest BCUT2D eigenvalue weighted by Gasteiger charge is 2.14. The van der Waals surface area contributed by atoms with Gasteiger partial charge in [0, 0.05) is 5.69 Å². The fraction of sp³-hybridized carbons (Fsp3) is 0.143. The summed E-state index contributed by atoms with van der Waals surface area (Å²) in [6.45, 7) is 1.94. The Hall–Kier alpha value is -1.88. The summed E-state index contributed by atoms with van der Waals surface area (Å²) in [4.78, 5) is 25.9. The topological polar surface area (TPSA) is 59.2 Å². The van der Waals surface area contributed by atoms with Crippen molar-refractivity contribution in [2.24, 2.45) is 0 Å². The number of aldehydes is 1. The summed E-state index contributed by atoms with van der Waals surface area (Å²) in [6, 6.07) is 9.44. The molecular weight excluding hydrogens is 310 g/mol. The molecular formula is C14H12BrNO3. The van der Waals surface area contributed by atoms with E-state index < -0.39 is 0 Å². The second kappa shape index (κ2) is 5.84. The first kappa shape index (κ1) is 13.5. The third-order valence-corrected chi connectivity index (χ3v) is 3.60. The number of carbonyl (C=O) groups is 1. The molecule has 1 aromatic heterocycles. The largest absolute Gasteiger partial charge is 0.483 e. The smallest absolute Gasteiger partial charge is 0.238 e. The Labute approximate surface area is 118 Å². The minimum Gasteiger partial charge on any atom is -0.483 e. The fourth-order valence-corrected chi connectivity index (χ4v) is 1.94. The maximum Gasteiger partial charge on any atom is 0.238 e. The minimum atomic E-state index is -0.325. The number of H-pyrrole nitrogens is 1. The van der Waals surface area contributed by atoms with Gasteiger partial charge in [-0.05, 0) is 28.4 Å². The van der Waals surface area contributed by atoms with Crippen LogP contribution < -0.4 is 10.2 Å². The molecule has 0 saturated carbocycles. The molecule has 0 amide bonds. The van der Waals surface area contributed by atoms with E-state index in [1.54, 1.807) is 6.92 Å². The Kier molecular flexibility index (Phi) is 4.16. The van der Waals surface area contributed by atoms with E-state index in [1.807, 2.05) is 30.3 Å². The number of hydrogen-bond donors (Lipinski definition) is 1. The molecule has 1 aromatic carbocycles. The molecule has 0 aliphatic heterocycles. The van der Waals surface area contributed by atoms with Crippen LogP contribution in [-0.4, -0.2) is 11.3 Å². The summed E-state index contributed by atoms with van der Waals surface area (Å²) in [5, 5.41) is 0. The molecule has 0 radical (unpaired) electrons. The van der Waals surface area contributed by atoms with Crippen LogP contribution in [0.15, 0.2) is 39.6 Å². The average Bonchev–Trinajstić information content (AvgIpc) is 2.44. The van der Waals surface area contributed by atoms with Gasteiger partial charge in [0.2, 0.25) is 5.43 Å². The van der Waals surface area contributed by atoms with E-state index in [9.17, 15) is 9.59 Å². The highest BCUT2D eigenvalue weighted by atomic mass is 79.9. The Morgan fingerprint density at radius 3 is 2.63 bits per heavy atom. The van der Waals surface area contributed by atoms with Gasteiger partial charge in [0.1, 0.15) is 12.3 Å². The minimum absolute atomic E-state index is 0.0383. The van der Waals surface area contributed by atoms with Gasteiger partial charge >= 0.3 is 0 Å². The molecule has 2 rings (SSSR count). The van der Waals surface area contributed by atoms with Crippen molar-refractivity contribution in [3.63, 3.8) is 0 Å². The molecule has 0 aliphatic rings. The standard InChI is InChI=1S/C14H12BrNO3/c1-9-12(15)13(18)14(11(7-17)16-9)19-8-10-5-3-2-4-6-10/h2-7H,8H2,1H3,(H,16,18). The van der Waals surface area contributed by atoms with Crippen molar-refractivity contribution in [2.45, 2.75) is 13.5 Å². The van der Waals surface area contributed by atoms with Crippen molar-refractivity contribution in [2.75, 3.05) is 0 Å². The number of aryl methyl sites for hydroxylation is 1. The Morgan fingerprint density at radius 2 is 2.00 bits per heavy atom. The first-order valence-electron chi connectivity index (χ1n) is 5.67. The molecule has 1 N–H and O–H groups in total. The predicted octanol–water partition coefficient (Wildman–Crippen LogP) is 2.84. The monoisotopic (exact) mass is 321 g/mol. The van der Waals surface area contributed by atoms with Crippen LogP contribution in [0.25, 0.3) is 0 Å². The number of halogens is 1. The first-order valence-corrected chi connectivity index (χ1v) is 6.47.